The number of nitrogens with one attached hydrogen (secondary N) is 3. The van der Waals surface area contributed by atoms with Gasteiger partial charge in [0.05, 0.1) is 24.4 Å². The van der Waals surface area contributed by atoms with Crippen molar-refractivity contribution in [1.82, 2.24) is 29.8 Å². The lowest BCUT2D eigenvalue weighted by atomic mass is 9.67. The summed E-state index contributed by atoms with van der Waals surface area (Å²) in [5, 5.41) is 7.28. The molecule has 6 rings (SSSR count). The molecule has 0 aromatic carbocycles. The molecule has 3 saturated heterocycles. The van der Waals surface area contributed by atoms with Crippen molar-refractivity contribution in [2.24, 2.45) is 29.6 Å². The van der Waals surface area contributed by atoms with Crippen LogP contribution in [0.5, 0.6) is 0 Å². The molecular weight excluding hydrogens is 656 g/mol. The number of aromatic nitrogens is 2. The topological polar surface area (TPSA) is 125 Å². The molecule has 0 radical (unpaired) electrons. The molecule has 3 aliphatic heterocycles. The molecule has 10 nitrogen and oxygen atoms in total. The molecule has 4 heterocycles. The molecule has 260 valence electrons. The van der Waals surface area contributed by atoms with Crippen LogP contribution in [0.15, 0.2) is 4.79 Å². The molecule has 0 spiro atoms. The molecule has 3 N–H and O–H groups in total. The van der Waals surface area contributed by atoms with E-state index >= 15 is 0 Å². The lowest BCUT2D eigenvalue weighted by Gasteiger charge is -2.44. The van der Waals surface area contributed by atoms with Crippen LogP contribution in [0.3, 0.4) is 0 Å². The quantitative estimate of drug-likeness (QED) is 0.289. The summed E-state index contributed by atoms with van der Waals surface area (Å²) in [7, 11) is -1.39. The van der Waals surface area contributed by atoms with Gasteiger partial charge in [-0.3, -0.25) is 18.9 Å². The normalized spacial score (nSPS) is 33.0. The van der Waals surface area contributed by atoms with Crippen LogP contribution in [0.4, 0.5) is 0 Å². The number of likely N-dealkylation sites (N-methyl/N-ethyl adjacent to an activating group) is 1. The molecular formula is C34H51ClN6O4S2. The Labute approximate surface area is 289 Å². The summed E-state index contributed by atoms with van der Waals surface area (Å²) in [4.78, 5) is 34.1. The van der Waals surface area contributed by atoms with Gasteiger partial charge in [-0.25, -0.2) is 13.4 Å². The van der Waals surface area contributed by atoms with E-state index in [1.165, 1.54) is 12.8 Å². The van der Waals surface area contributed by atoms with E-state index < -0.39 is 21.8 Å². The highest BCUT2D eigenvalue weighted by atomic mass is 35.5. The molecule has 7 unspecified atom stereocenters. The molecule has 1 aromatic heterocycles. The Hall–Kier alpha value is -1.62. The van der Waals surface area contributed by atoms with Crippen molar-refractivity contribution in [1.29, 1.82) is 0 Å². The molecule has 1 aromatic rings. The number of hydrogen-bond donors (Lipinski definition) is 3. The standard InChI is InChI=1S/C34H51ClN6O4S2/c1-21-38-30-9-8-25(40(2)19-22-10-13-36-14-11-22)18-28(30)34(43)41(21)16-4-5-23-6-7-24(35)17-27(23)26-12-15-37-31-29(20-46-32(26)31)33(42)39-47(3,44)45/h22-27,29,31-32,36-37H,6-20H2,1-3H3,(H,39,42)/t23?,24?,25-,26?,27?,29?,31?,32?/m1/s1. The number of carbonyl (C=O) groups excluding carboxylic acids is 1. The van der Waals surface area contributed by atoms with Crippen molar-refractivity contribution < 1.29 is 13.2 Å². The molecule has 1 amide bonds. The van der Waals surface area contributed by atoms with Crippen LogP contribution in [0, 0.1) is 48.4 Å². The Bertz CT molecular complexity index is 1540. The van der Waals surface area contributed by atoms with E-state index in [0.29, 0.717) is 30.2 Å². The summed E-state index contributed by atoms with van der Waals surface area (Å²) in [5.74, 6) is 9.00. The van der Waals surface area contributed by atoms with Crippen molar-refractivity contribution >= 4 is 39.3 Å². The van der Waals surface area contributed by atoms with Gasteiger partial charge in [0.25, 0.3) is 5.56 Å². The van der Waals surface area contributed by atoms with E-state index in [1.54, 1.807) is 16.3 Å². The lowest BCUT2D eigenvalue weighted by Crippen LogP contribution is -2.55. The van der Waals surface area contributed by atoms with Crippen molar-refractivity contribution in [3.05, 3.63) is 27.4 Å². The van der Waals surface area contributed by atoms with Crippen molar-refractivity contribution in [3.8, 4) is 11.8 Å². The fraction of sp³-hybridized carbons (Fsp3) is 0.794. The minimum atomic E-state index is -3.61. The van der Waals surface area contributed by atoms with Gasteiger partial charge in [-0.15, -0.1) is 11.6 Å². The summed E-state index contributed by atoms with van der Waals surface area (Å²) in [6.45, 7) is 6.30. The maximum atomic E-state index is 13.9. The third-order valence-electron chi connectivity index (χ3n) is 11.4. The average molecular weight is 707 g/mol. The minimum Gasteiger partial charge on any atom is -0.317 e. The first-order chi connectivity index (χ1) is 22.5. The van der Waals surface area contributed by atoms with Gasteiger partial charge in [0.15, 0.2) is 0 Å². The average Bonchev–Trinajstić information content (AvgIpc) is 3.48. The molecule has 0 bridgehead atoms. The number of rotatable bonds is 7. The van der Waals surface area contributed by atoms with Crippen LogP contribution in [0.25, 0.3) is 0 Å². The monoisotopic (exact) mass is 706 g/mol. The SMILES string of the molecule is Cc1nc2c(c(=O)n1CC#CC1CCC(Cl)CC1C1CCNC3C(C(=O)NS(C)(=O)=O)CSC13)C[C@H](N(C)CC1CCNCC1)CC2. The van der Waals surface area contributed by atoms with Crippen LogP contribution in [0.2, 0.25) is 0 Å². The molecule has 13 heteroatoms. The van der Waals surface area contributed by atoms with Crippen LogP contribution in [-0.2, 0) is 34.2 Å². The number of alkyl halides is 1. The second-order valence-corrected chi connectivity index (χ2v) is 18.2. The summed E-state index contributed by atoms with van der Waals surface area (Å²) < 4.78 is 27.5. The predicted molar refractivity (Wildman–Crippen MR) is 188 cm³/mol. The molecule has 8 atom stereocenters. The van der Waals surface area contributed by atoms with Crippen molar-refractivity contribution in [3.63, 3.8) is 0 Å². The number of hydrogen-bond acceptors (Lipinski definition) is 9. The first-order valence-corrected chi connectivity index (χ1v) is 20.9. The van der Waals surface area contributed by atoms with Crippen LogP contribution < -0.4 is 20.9 Å². The second-order valence-electron chi connectivity index (χ2n) is 14.6. The van der Waals surface area contributed by atoms with Gasteiger partial charge in [0.2, 0.25) is 15.9 Å². The Kier molecular flexibility index (Phi) is 11.3. The van der Waals surface area contributed by atoms with Crippen LogP contribution in [0.1, 0.15) is 62.0 Å². The third-order valence-corrected chi connectivity index (χ3v) is 13.9. The Morgan fingerprint density at radius 3 is 2.70 bits per heavy atom. The van der Waals surface area contributed by atoms with Gasteiger partial charge in [0, 0.05) is 46.5 Å². The summed E-state index contributed by atoms with van der Waals surface area (Å²) >= 11 is 8.53. The van der Waals surface area contributed by atoms with E-state index in [1.807, 2.05) is 6.92 Å². The van der Waals surface area contributed by atoms with E-state index in [2.05, 4.69) is 39.1 Å². The fourth-order valence-electron chi connectivity index (χ4n) is 8.89. The van der Waals surface area contributed by atoms with Crippen LogP contribution in [-0.4, -0.2) is 96.7 Å². The van der Waals surface area contributed by atoms with E-state index in [9.17, 15) is 18.0 Å². The maximum Gasteiger partial charge on any atom is 0.257 e. The number of fused-ring (bicyclic) bond motifs is 2. The number of aryl methyl sites for hydroxylation is 2. The number of amides is 1. The second kappa shape index (κ2) is 15.1. The van der Waals surface area contributed by atoms with E-state index in [0.717, 1.165) is 94.5 Å². The predicted octanol–water partition coefficient (Wildman–Crippen LogP) is 2.15. The highest BCUT2D eigenvalue weighted by Gasteiger charge is 2.50. The van der Waals surface area contributed by atoms with E-state index in [4.69, 9.17) is 16.6 Å². The molecule has 47 heavy (non-hydrogen) atoms. The zero-order valence-corrected chi connectivity index (χ0v) is 30.4. The summed E-state index contributed by atoms with van der Waals surface area (Å²) in [5.41, 5.74) is 1.88. The highest BCUT2D eigenvalue weighted by Crippen LogP contribution is 2.48. The Morgan fingerprint density at radius 1 is 1.15 bits per heavy atom. The molecule has 1 saturated carbocycles. The zero-order chi connectivity index (χ0) is 33.3. The lowest BCUT2D eigenvalue weighted by molar-refractivity contribution is -0.123. The summed E-state index contributed by atoms with van der Waals surface area (Å²) in [6, 6.07) is 0.287. The molecule has 2 aliphatic carbocycles. The number of piperidine rings is 2. The molecule has 5 aliphatic rings. The van der Waals surface area contributed by atoms with Gasteiger partial charge in [0.1, 0.15) is 5.82 Å². The minimum absolute atomic E-state index is 0.0600. The fourth-order valence-corrected chi connectivity index (χ4v) is 11.6. The number of thioether (sulfide) groups is 1. The maximum absolute atomic E-state index is 13.9. The van der Waals surface area contributed by atoms with Gasteiger partial charge < -0.3 is 15.5 Å². The van der Waals surface area contributed by atoms with Gasteiger partial charge in [-0.05, 0) is 109 Å². The highest BCUT2D eigenvalue weighted by molar-refractivity contribution is 8.00. The first kappa shape index (κ1) is 35.2. The number of carbonyl (C=O) groups is 1. The van der Waals surface area contributed by atoms with Gasteiger partial charge in [-0.2, -0.15) is 11.8 Å². The Balaban J connectivity index is 1.14. The van der Waals surface area contributed by atoms with Crippen LogP contribution >= 0.6 is 23.4 Å². The van der Waals surface area contributed by atoms with Crippen molar-refractivity contribution in [2.75, 3.05) is 45.2 Å². The van der Waals surface area contributed by atoms with Gasteiger partial charge >= 0.3 is 0 Å². The van der Waals surface area contributed by atoms with E-state index in [-0.39, 0.29) is 34.1 Å². The third kappa shape index (κ3) is 8.24. The largest absolute Gasteiger partial charge is 0.317 e. The molecule has 4 fully saturated rings. The number of nitrogens with zero attached hydrogens (tertiary/aromatic N) is 3. The van der Waals surface area contributed by atoms with Gasteiger partial charge in [-0.1, -0.05) is 11.8 Å². The number of halogens is 1. The smallest absolute Gasteiger partial charge is 0.257 e. The zero-order valence-electron chi connectivity index (χ0n) is 28.0. The first-order valence-electron chi connectivity index (χ1n) is 17.5. The van der Waals surface area contributed by atoms with Crippen molar-refractivity contribution in [2.45, 2.75) is 94.0 Å². The Morgan fingerprint density at radius 2 is 1.94 bits per heavy atom. The summed E-state index contributed by atoms with van der Waals surface area (Å²) in [6.07, 6.45) is 9.76. The number of sulfonamides is 1.